The molecule has 19 heavy (non-hydrogen) atoms. The Morgan fingerprint density at radius 2 is 2.05 bits per heavy atom. The van der Waals surface area contributed by atoms with Crippen LogP contribution in [0.2, 0.25) is 5.02 Å². The lowest BCUT2D eigenvalue weighted by Gasteiger charge is -2.14. The summed E-state index contributed by atoms with van der Waals surface area (Å²) in [5.74, 6) is -0.162. The first kappa shape index (κ1) is 14.5. The lowest BCUT2D eigenvalue weighted by Crippen LogP contribution is -2.08. The van der Waals surface area contributed by atoms with Crippen molar-refractivity contribution in [1.82, 2.24) is 0 Å². The van der Waals surface area contributed by atoms with Crippen LogP contribution in [-0.4, -0.2) is 12.1 Å². The summed E-state index contributed by atoms with van der Waals surface area (Å²) in [4.78, 5) is 11.2. The highest BCUT2D eigenvalue weighted by Gasteiger charge is 2.29. The van der Waals surface area contributed by atoms with Gasteiger partial charge in [-0.05, 0) is 23.6 Å². The molecule has 104 valence electrons. The molecule has 0 fully saturated rings. The zero-order chi connectivity index (χ0) is 14.2. The molecule has 1 N–H and O–H groups in total. The molecule has 0 saturated heterocycles. The highest BCUT2D eigenvalue weighted by molar-refractivity contribution is 6.33. The van der Waals surface area contributed by atoms with Gasteiger partial charge in [0.25, 0.3) is 0 Å². The van der Waals surface area contributed by atoms with Crippen molar-refractivity contribution in [3.05, 3.63) is 28.3 Å². The summed E-state index contributed by atoms with van der Waals surface area (Å²) in [6.07, 6.45) is -5.26. The van der Waals surface area contributed by atoms with Crippen LogP contribution in [0.5, 0.6) is 0 Å². The van der Waals surface area contributed by atoms with Crippen molar-refractivity contribution in [2.24, 2.45) is 0 Å². The first-order valence-electron chi connectivity index (χ1n) is 5.59. The smallest absolute Gasteiger partial charge is 0.325 e. The Hall–Kier alpha value is -0.940. The number of carbonyl (C=O) groups is 1. The molecule has 1 aliphatic heterocycles. The highest BCUT2D eigenvalue weighted by Crippen LogP contribution is 2.38. The second-order valence-corrected chi connectivity index (χ2v) is 5.31. The van der Waals surface area contributed by atoms with E-state index in [1.807, 2.05) is 0 Å². The molecule has 1 aromatic rings. The summed E-state index contributed by atoms with van der Waals surface area (Å²) in [5, 5.41) is 2.06. The molecule has 1 unspecified atom stereocenters. The van der Waals surface area contributed by atoms with E-state index >= 15 is 0 Å². The van der Waals surface area contributed by atoms with Crippen LogP contribution < -0.4 is 5.32 Å². The number of benzene rings is 1. The third-order valence-electron chi connectivity index (χ3n) is 2.87. The third-order valence-corrected chi connectivity index (χ3v) is 3.65. The minimum Gasteiger partial charge on any atom is -0.325 e. The lowest BCUT2D eigenvalue weighted by atomic mass is 10.0. The molecular weight excluding hydrogens is 302 g/mol. The van der Waals surface area contributed by atoms with E-state index in [-0.39, 0.29) is 23.8 Å². The molecule has 1 aromatic carbocycles. The van der Waals surface area contributed by atoms with Gasteiger partial charge in [0.1, 0.15) is 0 Å². The van der Waals surface area contributed by atoms with Crippen LogP contribution in [-0.2, 0) is 11.2 Å². The fourth-order valence-electron chi connectivity index (χ4n) is 1.95. The maximum Gasteiger partial charge on any atom is 0.389 e. The van der Waals surface area contributed by atoms with Gasteiger partial charge in [-0.15, -0.1) is 11.6 Å². The minimum absolute atomic E-state index is 0.162. The van der Waals surface area contributed by atoms with Gasteiger partial charge in [0.2, 0.25) is 5.91 Å². The maximum atomic E-state index is 12.2. The number of carbonyl (C=O) groups excluding carboxylic acids is 1. The monoisotopic (exact) mass is 311 g/mol. The second kappa shape index (κ2) is 5.21. The van der Waals surface area contributed by atoms with Crippen molar-refractivity contribution in [1.29, 1.82) is 0 Å². The van der Waals surface area contributed by atoms with Gasteiger partial charge in [-0.3, -0.25) is 4.79 Å². The predicted molar refractivity (Wildman–Crippen MR) is 67.7 cm³/mol. The first-order valence-corrected chi connectivity index (χ1v) is 6.40. The quantitative estimate of drug-likeness (QED) is 0.821. The summed E-state index contributed by atoms with van der Waals surface area (Å²) in [5.41, 5.74) is 1.74. The van der Waals surface area contributed by atoms with Crippen molar-refractivity contribution in [2.45, 2.75) is 30.8 Å². The van der Waals surface area contributed by atoms with E-state index in [2.05, 4.69) is 5.32 Å². The third kappa shape index (κ3) is 3.54. The largest absolute Gasteiger partial charge is 0.389 e. The number of halogens is 5. The number of fused-ring (bicyclic) bond motifs is 1. The average molecular weight is 312 g/mol. The van der Waals surface area contributed by atoms with Gasteiger partial charge in [-0.1, -0.05) is 17.7 Å². The van der Waals surface area contributed by atoms with Crippen molar-refractivity contribution >= 4 is 34.8 Å². The SMILES string of the molecule is O=C1Cc2cc(C(Cl)CCC(F)(F)F)c(Cl)cc2N1. The molecule has 1 heterocycles. The lowest BCUT2D eigenvalue weighted by molar-refractivity contribution is -0.135. The van der Waals surface area contributed by atoms with Gasteiger partial charge in [-0.25, -0.2) is 0 Å². The van der Waals surface area contributed by atoms with Crippen LogP contribution in [0.3, 0.4) is 0 Å². The van der Waals surface area contributed by atoms with E-state index in [0.717, 1.165) is 0 Å². The fraction of sp³-hybridized carbons (Fsp3) is 0.417. The standard InChI is InChI=1S/C12H10Cl2F3NO/c13-8(1-2-12(15,16)17)7-3-6-4-11(19)18-10(6)5-9(7)14/h3,5,8H,1-2,4H2,(H,18,19). The average Bonchev–Trinajstić information content (AvgIpc) is 2.63. The Bertz CT molecular complexity index is 516. The Balaban J connectivity index is 2.17. The Morgan fingerprint density at radius 3 is 2.68 bits per heavy atom. The van der Waals surface area contributed by atoms with Gasteiger partial charge in [0.05, 0.1) is 11.8 Å². The van der Waals surface area contributed by atoms with Crippen LogP contribution in [0, 0.1) is 0 Å². The molecule has 1 atom stereocenters. The van der Waals surface area contributed by atoms with E-state index in [4.69, 9.17) is 23.2 Å². The number of amides is 1. The molecule has 0 aromatic heterocycles. The van der Waals surface area contributed by atoms with Crippen LogP contribution in [0.1, 0.15) is 29.3 Å². The summed E-state index contributed by atoms with van der Waals surface area (Å²) in [7, 11) is 0. The van der Waals surface area contributed by atoms with Crippen molar-refractivity contribution in [3.8, 4) is 0 Å². The van der Waals surface area contributed by atoms with Gasteiger partial charge < -0.3 is 5.32 Å². The molecule has 0 spiro atoms. The fourth-order valence-corrected chi connectivity index (χ4v) is 2.59. The van der Waals surface area contributed by atoms with E-state index in [0.29, 0.717) is 16.8 Å². The molecule has 0 saturated carbocycles. The molecule has 0 radical (unpaired) electrons. The molecule has 2 rings (SSSR count). The molecule has 0 aliphatic carbocycles. The number of hydrogen-bond donors (Lipinski definition) is 1. The predicted octanol–water partition coefficient (Wildman–Crippen LogP) is 4.46. The second-order valence-electron chi connectivity index (χ2n) is 4.38. The number of nitrogens with one attached hydrogen (secondary N) is 1. The summed E-state index contributed by atoms with van der Waals surface area (Å²) in [6, 6.07) is 3.13. The number of alkyl halides is 4. The Kier molecular flexibility index (Phi) is 3.97. The number of rotatable bonds is 3. The zero-order valence-electron chi connectivity index (χ0n) is 9.65. The highest BCUT2D eigenvalue weighted by atomic mass is 35.5. The van der Waals surface area contributed by atoms with Gasteiger partial charge in [0, 0.05) is 17.1 Å². The molecule has 0 bridgehead atoms. The van der Waals surface area contributed by atoms with E-state index in [1.165, 1.54) is 6.07 Å². The zero-order valence-corrected chi connectivity index (χ0v) is 11.2. The van der Waals surface area contributed by atoms with Crippen LogP contribution >= 0.6 is 23.2 Å². The molecule has 1 aliphatic rings. The summed E-state index contributed by atoms with van der Waals surface area (Å²) < 4.78 is 36.5. The van der Waals surface area contributed by atoms with Gasteiger partial charge >= 0.3 is 6.18 Å². The first-order chi connectivity index (χ1) is 8.76. The van der Waals surface area contributed by atoms with Gasteiger partial charge in [0.15, 0.2) is 0 Å². The molecule has 1 amide bonds. The van der Waals surface area contributed by atoms with Gasteiger partial charge in [-0.2, -0.15) is 13.2 Å². The van der Waals surface area contributed by atoms with Crippen LogP contribution in [0.25, 0.3) is 0 Å². The van der Waals surface area contributed by atoms with Crippen LogP contribution in [0.4, 0.5) is 18.9 Å². The topological polar surface area (TPSA) is 29.1 Å². The van der Waals surface area contributed by atoms with E-state index in [9.17, 15) is 18.0 Å². The Morgan fingerprint density at radius 1 is 1.37 bits per heavy atom. The van der Waals surface area contributed by atoms with Crippen molar-refractivity contribution < 1.29 is 18.0 Å². The molecular formula is C12H10Cl2F3NO. The van der Waals surface area contributed by atoms with E-state index < -0.39 is 18.0 Å². The normalized spacial score (nSPS) is 16.2. The minimum atomic E-state index is -4.24. The van der Waals surface area contributed by atoms with Crippen LogP contribution in [0.15, 0.2) is 12.1 Å². The summed E-state index contributed by atoms with van der Waals surface area (Å²) in [6.45, 7) is 0. The van der Waals surface area contributed by atoms with E-state index in [1.54, 1.807) is 6.07 Å². The molecule has 2 nitrogen and oxygen atoms in total. The number of anilines is 1. The summed E-state index contributed by atoms with van der Waals surface area (Å²) >= 11 is 11.9. The Labute approximate surface area is 117 Å². The van der Waals surface area contributed by atoms with Crippen molar-refractivity contribution in [2.75, 3.05) is 5.32 Å². The maximum absolute atomic E-state index is 12.2. The number of hydrogen-bond acceptors (Lipinski definition) is 1. The van der Waals surface area contributed by atoms with Crippen molar-refractivity contribution in [3.63, 3.8) is 0 Å². The molecule has 7 heteroatoms.